The molecule has 6 heteroatoms. The van der Waals surface area contributed by atoms with Crippen molar-refractivity contribution in [2.24, 2.45) is 11.8 Å². The molecule has 6 nitrogen and oxygen atoms in total. The Bertz CT molecular complexity index is 808. The SMILES string of the molecule is O=c1oc(OCc2cccnc2)cc(O)c1NC(C1CCCC1)C1CCCC1. The van der Waals surface area contributed by atoms with E-state index in [9.17, 15) is 9.90 Å². The molecule has 0 bridgehead atoms. The van der Waals surface area contributed by atoms with E-state index in [0.717, 1.165) is 5.56 Å². The number of pyridine rings is 1. The Balaban J connectivity index is 1.49. The molecular formula is C22H28N2O4. The van der Waals surface area contributed by atoms with Gasteiger partial charge in [-0.15, -0.1) is 0 Å². The van der Waals surface area contributed by atoms with Crippen LogP contribution in [0.3, 0.4) is 0 Å². The zero-order valence-corrected chi connectivity index (χ0v) is 16.1. The first kappa shape index (κ1) is 18.8. The lowest BCUT2D eigenvalue weighted by Crippen LogP contribution is -2.35. The second kappa shape index (κ2) is 8.67. The Morgan fingerprint density at radius 1 is 1.18 bits per heavy atom. The fourth-order valence-electron chi connectivity index (χ4n) is 4.72. The van der Waals surface area contributed by atoms with E-state index in [1.165, 1.54) is 57.4 Å². The highest BCUT2D eigenvalue weighted by Gasteiger charge is 2.34. The van der Waals surface area contributed by atoms with E-state index < -0.39 is 5.63 Å². The van der Waals surface area contributed by atoms with Crippen LogP contribution in [-0.4, -0.2) is 16.1 Å². The molecule has 150 valence electrons. The molecule has 0 amide bonds. The number of aromatic nitrogens is 1. The quantitative estimate of drug-likeness (QED) is 0.732. The van der Waals surface area contributed by atoms with Gasteiger partial charge in [0.05, 0.1) is 6.07 Å². The largest absolute Gasteiger partial charge is 0.505 e. The zero-order valence-electron chi connectivity index (χ0n) is 16.1. The number of anilines is 1. The fraction of sp³-hybridized carbons (Fsp3) is 0.545. The van der Waals surface area contributed by atoms with E-state index in [1.54, 1.807) is 12.4 Å². The molecule has 28 heavy (non-hydrogen) atoms. The van der Waals surface area contributed by atoms with Gasteiger partial charge < -0.3 is 19.6 Å². The van der Waals surface area contributed by atoms with Crippen LogP contribution in [0.5, 0.6) is 11.7 Å². The van der Waals surface area contributed by atoms with Gasteiger partial charge in [-0.05, 0) is 43.6 Å². The molecule has 0 aliphatic heterocycles. The zero-order chi connectivity index (χ0) is 19.3. The van der Waals surface area contributed by atoms with Crippen LogP contribution in [-0.2, 0) is 6.61 Å². The monoisotopic (exact) mass is 384 g/mol. The molecule has 0 spiro atoms. The van der Waals surface area contributed by atoms with Crippen molar-refractivity contribution in [3.8, 4) is 11.7 Å². The number of aromatic hydroxyl groups is 1. The van der Waals surface area contributed by atoms with Gasteiger partial charge in [-0.3, -0.25) is 4.98 Å². The number of nitrogens with one attached hydrogen (secondary N) is 1. The first-order valence-electron chi connectivity index (χ1n) is 10.4. The normalized spacial score (nSPS) is 18.0. The molecule has 0 atom stereocenters. The molecule has 0 saturated heterocycles. The van der Waals surface area contributed by atoms with Crippen molar-refractivity contribution >= 4 is 5.69 Å². The summed E-state index contributed by atoms with van der Waals surface area (Å²) in [5.41, 5.74) is 0.439. The maximum absolute atomic E-state index is 12.6. The van der Waals surface area contributed by atoms with Crippen LogP contribution in [0.1, 0.15) is 56.9 Å². The second-order valence-corrected chi connectivity index (χ2v) is 8.02. The van der Waals surface area contributed by atoms with Gasteiger partial charge in [-0.1, -0.05) is 31.7 Å². The Morgan fingerprint density at radius 2 is 1.86 bits per heavy atom. The lowest BCUT2D eigenvalue weighted by Gasteiger charge is -2.30. The predicted molar refractivity (Wildman–Crippen MR) is 107 cm³/mol. The van der Waals surface area contributed by atoms with Gasteiger partial charge in [0.2, 0.25) is 0 Å². The number of rotatable bonds is 7. The topological polar surface area (TPSA) is 84.6 Å². The molecule has 4 rings (SSSR count). The molecule has 2 fully saturated rings. The number of ether oxygens (including phenoxy) is 1. The molecule has 2 N–H and O–H groups in total. The summed E-state index contributed by atoms with van der Waals surface area (Å²) in [6.45, 7) is 0.218. The van der Waals surface area contributed by atoms with Crippen molar-refractivity contribution in [2.75, 3.05) is 5.32 Å². The standard InChI is InChI=1S/C22H28N2O4/c25-18-12-19(27-14-15-6-5-11-23-13-15)28-22(26)21(18)24-20(16-7-1-2-8-16)17-9-3-4-10-17/h5-6,11-13,16-17,20,24-25H,1-4,7-10,14H2. The maximum Gasteiger partial charge on any atom is 0.366 e. The van der Waals surface area contributed by atoms with Gasteiger partial charge in [0.1, 0.15) is 6.61 Å². The lowest BCUT2D eigenvalue weighted by molar-refractivity contribution is 0.218. The van der Waals surface area contributed by atoms with Crippen LogP contribution < -0.4 is 15.7 Å². The van der Waals surface area contributed by atoms with Gasteiger partial charge in [0, 0.05) is 24.0 Å². The van der Waals surface area contributed by atoms with Crippen LogP contribution in [0.25, 0.3) is 0 Å². The number of nitrogens with zero attached hydrogens (tertiary/aromatic N) is 1. The Kier molecular flexibility index (Phi) is 5.84. The number of hydrogen-bond donors (Lipinski definition) is 2. The van der Waals surface area contributed by atoms with Crippen molar-refractivity contribution in [2.45, 2.75) is 64.0 Å². The highest BCUT2D eigenvalue weighted by atomic mass is 16.6. The third kappa shape index (κ3) is 4.32. The Hall–Kier alpha value is -2.50. The summed E-state index contributed by atoms with van der Waals surface area (Å²) in [6.07, 6.45) is 13.1. The lowest BCUT2D eigenvalue weighted by atomic mass is 9.85. The van der Waals surface area contributed by atoms with E-state index in [2.05, 4.69) is 10.3 Å². The predicted octanol–water partition coefficient (Wildman–Crippen LogP) is 4.48. The van der Waals surface area contributed by atoms with Crippen LogP contribution in [0, 0.1) is 11.8 Å². The summed E-state index contributed by atoms with van der Waals surface area (Å²) in [7, 11) is 0. The smallest absolute Gasteiger partial charge is 0.366 e. The average molecular weight is 384 g/mol. The van der Waals surface area contributed by atoms with Gasteiger partial charge in [-0.25, -0.2) is 4.79 Å². The van der Waals surface area contributed by atoms with Crippen molar-refractivity contribution in [3.63, 3.8) is 0 Å². The van der Waals surface area contributed by atoms with E-state index in [-0.39, 0.29) is 30.0 Å². The minimum atomic E-state index is -0.581. The van der Waals surface area contributed by atoms with E-state index in [4.69, 9.17) is 9.15 Å². The van der Waals surface area contributed by atoms with Gasteiger partial charge in [-0.2, -0.15) is 0 Å². The third-order valence-corrected chi connectivity index (χ3v) is 6.14. The minimum Gasteiger partial charge on any atom is -0.505 e. The van der Waals surface area contributed by atoms with Crippen LogP contribution in [0.4, 0.5) is 5.69 Å². The van der Waals surface area contributed by atoms with E-state index in [1.807, 2.05) is 12.1 Å². The summed E-state index contributed by atoms with van der Waals surface area (Å²) < 4.78 is 10.8. The van der Waals surface area contributed by atoms with Gasteiger partial charge in [0.15, 0.2) is 11.4 Å². The maximum atomic E-state index is 12.6. The van der Waals surface area contributed by atoms with Crippen molar-refractivity contribution in [1.29, 1.82) is 0 Å². The molecule has 0 unspecified atom stereocenters. The summed E-state index contributed by atoms with van der Waals surface area (Å²) in [6, 6.07) is 5.28. The molecule has 2 aromatic rings. The number of hydrogen-bond acceptors (Lipinski definition) is 6. The fourth-order valence-corrected chi connectivity index (χ4v) is 4.72. The summed E-state index contributed by atoms with van der Waals surface area (Å²) >= 11 is 0. The van der Waals surface area contributed by atoms with E-state index >= 15 is 0 Å². The first-order chi connectivity index (χ1) is 13.7. The van der Waals surface area contributed by atoms with Crippen molar-refractivity contribution in [3.05, 3.63) is 46.6 Å². The molecule has 2 aromatic heterocycles. The highest BCUT2D eigenvalue weighted by molar-refractivity contribution is 5.55. The van der Waals surface area contributed by atoms with Crippen molar-refractivity contribution < 1.29 is 14.3 Å². The van der Waals surface area contributed by atoms with Crippen LogP contribution in [0.15, 0.2) is 39.8 Å². The molecule has 0 radical (unpaired) electrons. The van der Waals surface area contributed by atoms with Crippen LogP contribution in [0.2, 0.25) is 0 Å². The van der Waals surface area contributed by atoms with Gasteiger partial charge >= 0.3 is 5.63 Å². The molecular weight excluding hydrogens is 356 g/mol. The third-order valence-electron chi connectivity index (χ3n) is 6.14. The molecule has 2 aliphatic rings. The summed E-state index contributed by atoms with van der Waals surface area (Å²) in [5, 5.41) is 13.9. The first-order valence-corrected chi connectivity index (χ1v) is 10.4. The Morgan fingerprint density at radius 3 is 2.43 bits per heavy atom. The van der Waals surface area contributed by atoms with E-state index in [0.29, 0.717) is 11.8 Å². The highest BCUT2D eigenvalue weighted by Crippen LogP contribution is 2.39. The minimum absolute atomic E-state index is 0.00943. The molecule has 2 saturated carbocycles. The van der Waals surface area contributed by atoms with Gasteiger partial charge in [0.25, 0.3) is 5.95 Å². The average Bonchev–Trinajstić information content (AvgIpc) is 3.41. The Labute approximate surface area is 164 Å². The second-order valence-electron chi connectivity index (χ2n) is 8.02. The van der Waals surface area contributed by atoms with Crippen molar-refractivity contribution in [1.82, 2.24) is 4.98 Å². The summed E-state index contributed by atoms with van der Waals surface area (Å²) in [4.78, 5) is 16.6. The summed E-state index contributed by atoms with van der Waals surface area (Å²) in [5.74, 6) is 1.01. The molecule has 2 aliphatic carbocycles. The van der Waals surface area contributed by atoms with Crippen LogP contribution >= 0.6 is 0 Å². The molecule has 2 heterocycles. The molecule has 0 aromatic carbocycles.